The molecule has 0 amide bonds. The molecule has 12 nitrogen and oxygen atoms in total. The average molecular weight is 1660 g/mol. The fraction of sp³-hybridized carbons (Fsp3) is 0. The highest BCUT2D eigenvalue weighted by Crippen LogP contribution is 2.43. The third kappa shape index (κ3) is 12.7. The van der Waals surface area contributed by atoms with Gasteiger partial charge in [-0.25, -0.2) is 15.0 Å². The third-order valence-corrected chi connectivity index (χ3v) is 25.4. The first-order valence-electron chi connectivity index (χ1n) is 43.9. The van der Waals surface area contributed by atoms with Gasteiger partial charge in [-0.15, -0.1) is 0 Å². The maximum absolute atomic E-state index is 5.29. The highest BCUT2D eigenvalue weighted by atomic mass is 15.2. The molecular weight excluding hydrogens is 1590 g/mol. The molecule has 12 heteroatoms. The summed E-state index contributed by atoms with van der Waals surface area (Å²) in [6.07, 6.45) is 2.00. The highest BCUT2D eigenvalue weighted by Gasteiger charge is 2.24. The molecule has 0 radical (unpaired) electrons. The van der Waals surface area contributed by atoms with Gasteiger partial charge in [0.1, 0.15) is 0 Å². The predicted octanol–water partition coefficient (Wildman–Crippen LogP) is 29.5. The van der Waals surface area contributed by atoms with E-state index in [0.717, 1.165) is 155 Å². The zero-order valence-corrected chi connectivity index (χ0v) is 70.2. The third-order valence-electron chi connectivity index (χ3n) is 25.4. The predicted molar refractivity (Wildman–Crippen MR) is 537 cm³/mol. The second-order valence-electron chi connectivity index (χ2n) is 32.9. The van der Waals surface area contributed by atoms with E-state index in [0.29, 0.717) is 17.6 Å². The van der Waals surface area contributed by atoms with E-state index in [1.54, 1.807) is 0 Å². The standard InChI is InChI=1S/C44H28N6.C39H25N3.C35H23N3/c1-4-14-29(15-5-1)42-46-43(30-16-6-2-7-17-30)48-44(47-42)50-39-23-13-10-20-33(39)35-25-24-31(26-40(35)50)37-27-36-34-21-11-12-22-38(34)49(41(36)28-45-37)32-18-8-3-9-19-32;1-2-12-29(13-3-1)41-36-17-9-7-15-33(36)39-37(41)23-22-34(40-39)28-19-21-32-31-14-6-8-16-35(31)42(38(32)25-28)30-20-18-26-10-4-5-11-27(26)24-30;1-3-11-25(12-4-1)37-32-18-10-8-16-29(32)35-33(37)22-21-30(36-35)24-19-20-28-27-15-7-9-17-31(27)38(34(28)23-24)26-13-5-2-6-14-26/h1-28H;1-25H;1-23H. The lowest BCUT2D eigenvalue weighted by molar-refractivity contribution is 0.953. The van der Waals surface area contributed by atoms with Crippen LogP contribution in [0.25, 0.3) is 233 Å². The van der Waals surface area contributed by atoms with E-state index in [-0.39, 0.29) is 0 Å². The van der Waals surface area contributed by atoms with E-state index in [1.165, 1.54) is 59.8 Å². The molecular formula is C118H76N12. The second-order valence-corrected chi connectivity index (χ2v) is 32.9. The van der Waals surface area contributed by atoms with Gasteiger partial charge < -0.3 is 22.8 Å². The number of nitrogens with zero attached hydrogens (tertiary/aromatic N) is 12. The molecule has 0 aliphatic carbocycles. The van der Waals surface area contributed by atoms with E-state index >= 15 is 0 Å². The van der Waals surface area contributed by atoms with Crippen LogP contribution in [0, 0.1) is 0 Å². The summed E-state index contributed by atoms with van der Waals surface area (Å²) in [5, 5.41) is 14.4. The number of pyridine rings is 3. The fourth-order valence-electron chi connectivity index (χ4n) is 19.5. The van der Waals surface area contributed by atoms with Crippen molar-refractivity contribution in [3.8, 4) is 90.9 Å². The molecule has 0 atom stereocenters. The Labute approximate surface area is 746 Å². The van der Waals surface area contributed by atoms with Crippen molar-refractivity contribution in [1.29, 1.82) is 0 Å². The van der Waals surface area contributed by atoms with Crippen LogP contribution in [0.5, 0.6) is 0 Å². The molecule has 27 rings (SSSR count). The van der Waals surface area contributed by atoms with Gasteiger partial charge in [-0.1, -0.05) is 309 Å². The lowest BCUT2D eigenvalue weighted by atomic mass is 10.1. The number of hydrogen-bond donors (Lipinski definition) is 0. The molecule has 0 N–H and O–H groups in total. The summed E-state index contributed by atoms with van der Waals surface area (Å²) in [4.78, 5) is 30.8. The topological polar surface area (TPSA) is 107 Å². The van der Waals surface area contributed by atoms with Gasteiger partial charge in [0.05, 0.1) is 101 Å². The van der Waals surface area contributed by atoms with Crippen molar-refractivity contribution in [2.24, 2.45) is 0 Å². The molecule has 0 aliphatic rings. The monoisotopic (exact) mass is 1660 g/mol. The summed E-state index contributed by atoms with van der Waals surface area (Å²) in [5.74, 6) is 1.81. The van der Waals surface area contributed by atoms with E-state index < -0.39 is 0 Å². The molecule has 0 bridgehead atoms. The lowest BCUT2D eigenvalue weighted by Crippen LogP contribution is -2.06. The Hall–Kier alpha value is -17.7. The summed E-state index contributed by atoms with van der Waals surface area (Å²) < 4.78 is 13.8. The van der Waals surface area contributed by atoms with Crippen LogP contribution in [0.3, 0.4) is 0 Å². The van der Waals surface area contributed by atoms with Gasteiger partial charge in [0.15, 0.2) is 11.6 Å². The van der Waals surface area contributed by atoms with Crippen molar-refractivity contribution in [2.75, 3.05) is 0 Å². The van der Waals surface area contributed by atoms with E-state index in [1.807, 2.05) is 72.9 Å². The number of hydrogen-bond acceptors (Lipinski definition) is 6. The minimum absolute atomic E-state index is 0.565. The molecule has 0 aliphatic heterocycles. The maximum Gasteiger partial charge on any atom is 0.238 e. The van der Waals surface area contributed by atoms with Crippen molar-refractivity contribution in [3.63, 3.8) is 0 Å². The molecule has 27 aromatic rings. The molecule has 10 aromatic heterocycles. The van der Waals surface area contributed by atoms with Gasteiger partial charge in [0, 0.05) is 110 Å². The van der Waals surface area contributed by atoms with Gasteiger partial charge in [0.25, 0.3) is 0 Å². The van der Waals surface area contributed by atoms with Crippen LogP contribution in [0.15, 0.2) is 461 Å². The molecule has 0 spiro atoms. The number of aromatic nitrogens is 12. The summed E-state index contributed by atoms with van der Waals surface area (Å²) in [7, 11) is 0. The van der Waals surface area contributed by atoms with Crippen LogP contribution >= 0.6 is 0 Å². The van der Waals surface area contributed by atoms with Crippen LogP contribution in [0.2, 0.25) is 0 Å². The van der Waals surface area contributed by atoms with Gasteiger partial charge in [0.2, 0.25) is 5.95 Å². The molecule has 0 saturated carbocycles. The largest absolute Gasteiger partial charge is 0.309 e. The van der Waals surface area contributed by atoms with Gasteiger partial charge >= 0.3 is 0 Å². The number of para-hydroxylation sites is 10. The summed E-state index contributed by atoms with van der Waals surface area (Å²) in [6.45, 7) is 0. The number of benzene rings is 17. The Morgan fingerprint density at radius 1 is 0.154 bits per heavy atom. The molecule has 10 heterocycles. The molecule has 17 aromatic carbocycles. The Bertz CT molecular complexity index is 9050. The SMILES string of the molecule is c1ccc(-c2nc(-c3ccccc3)nc(-n3c4ccccc4c4ccc(-c5cc6c7ccccc7n(-c7ccccc7)c6cn5)cc43)n2)cc1.c1ccc(-n2c3ccccc3c3ccc(-c4ccc5c(n4)c4ccccc4n5-c4ccccc4)cc32)cc1.c1ccc(-n2c3ccccc3c3nc(-c4ccc5c6ccccc6n(-c6ccc7ccccc7c6)c5c4)ccc32)cc1. The van der Waals surface area contributed by atoms with Crippen LogP contribution in [-0.4, -0.2) is 57.3 Å². The Morgan fingerprint density at radius 3 is 0.900 bits per heavy atom. The lowest BCUT2D eigenvalue weighted by Gasteiger charge is -2.11. The smallest absolute Gasteiger partial charge is 0.238 e. The molecule has 0 saturated heterocycles. The molecule has 0 fully saturated rings. The summed E-state index contributed by atoms with van der Waals surface area (Å²) in [6, 6.07) is 160. The van der Waals surface area contributed by atoms with Crippen LogP contribution in [0.4, 0.5) is 0 Å². The fourth-order valence-corrected chi connectivity index (χ4v) is 19.5. The second kappa shape index (κ2) is 31.2. The summed E-state index contributed by atoms with van der Waals surface area (Å²) >= 11 is 0. The van der Waals surface area contributed by atoms with E-state index in [9.17, 15) is 0 Å². The maximum atomic E-state index is 5.29. The van der Waals surface area contributed by atoms with E-state index in [4.69, 9.17) is 29.9 Å². The van der Waals surface area contributed by atoms with Crippen molar-refractivity contribution in [2.45, 2.75) is 0 Å². The van der Waals surface area contributed by atoms with Crippen LogP contribution in [0.1, 0.15) is 0 Å². The minimum atomic E-state index is 0.565. The zero-order valence-electron chi connectivity index (χ0n) is 70.2. The Kier molecular flexibility index (Phi) is 18.0. The Balaban J connectivity index is 0.000000106. The Morgan fingerprint density at radius 2 is 0.469 bits per heavy atom. The van der Waals surface area contributed by atoms with E-state index in [2.05, 4.69) is 416 Å². The normalized spacial score (nSPS) is 11.7. The first kappa shape index (κ1) is 74.8. The zero-order chi connectivity index (χ0) is 85.7. The van der Waals surface area contributed by atoms with Gasteiger partial charge in [-0.3, -0.25) is 9.55 Å². The average Bonchev–Trinajstić information content (AvgIpc) is 1.59. The van der Waals surface area contributed by atoms with Crippen molar-refractivity contribution < 1.29 is 0 Å². The highest BCUT2D eigenvalue weighted by molar-refractivity contribution is 6.16. The summed E-state index contributed by atoms with van der Waals surface area (Å²) in [5.41, 5.74) is 29.2. The first-order chi connectivity index (χ1) is 64.5. The number of rotatable bonds is 11. The van der Waals surface area contributed by atoms with Crippen LogP contribution in [-0.2, 0) is 0 Å². The molecule has 130 heavy (non-hydrogen) atoms. The van der Waals surface area contributed by atoms with Gasteiger partial charge in [-0.2, -0.15) is 9.97 Å². The van der Waals surface area contributed by atoms with Crippen molar-refractivity contribution in [1.82, 2.24) is 57.3 Å². The minimum Gasteiger partial charge on any atom is -0.309 e. The first-order valence-corrected chi connectivity index (χ1v) is 43.9. The van der Waals surface area contributed by atoms with Crippen molar-refractivity contribution in [3.05, 3.63) is 461 Å². The number of fused-ring (bicyclic) bond motifs is 19. The van der Waals surface area contributed by atoms with Crippen molar-refractivity contribution >= 4 is 142 Å². The van der Waals surface area contributed by atoms with Gasteiger partial charge in [-0.05, 0) is 156 Å². The van der Waals surface area contributed by atoms with Crippen LogP contribution < -0.4 is 0 Å². The quantitative estimate of drug-likeness (QED) is 0.128. The molecule has 0 unspecified atom stereocenters. The molecule has 608 valence electrons.